The average Bonchev–Trinajstić information content (AvgIpc) is 2.77. The molecule has 1 heterocycles. The van der Waals surface area contributed by atoms with Gasteiger partial charge < -0.3 is 10.3 Å². The Morgan fingerprint density at radius 3 is 2.42 bits per heavy atom. The summed E-state index contributed by atoms with van der Waals surface area (Å²) in [7, 11) is 0. The molecule has 0 fully saturated rings. The molecule has 0 bridgehead atoms. The zero-order valence-corrected chi connectivity index (χ0v) is 10.7. The maximum atomic E-state index is 13.1. The Kier molecular flexibility index (Phi) is 3.90. The minimum atomic E-state index is -0.680. The van der Waals surface area contributed by atoms with Gasteiger partial charge in [0.25, 0.3) is 0 Å². The van der Waals surface area contributed by atoms with Gasteiger partial charge in [-0.05, 0) is 25.5 Å². The molecule has 0 aliphatic carbocycles. The van der Waals surface area contributed by atoms with E-state index in [1.807, 2.05) is 13.8 Å². The molecule has 2 unspecified atom stereocenters. The van der Waals surface area contributed by atoms with Crippen molar-refractivity contribution in [2.24, 2.45) is 5.73 Å². The van der Waals surface area contributed by atoms with Crippen molar-refractivity contribution >= 4 is 0 Å². The molecule has 0 aliphatic rings. The van der Waals surface area contributed by atoms with E-state index in [2.05, 4.69) is 10.1 Å². The summed E-state index contributed by atoms with van der Waals surface area (Å²) in [6.07, 6.45) is 0.747. The molecular formula is C13H15F2N3O. The van der Waals surface area contributed by atoms with Crippen LogP contribution in [0.5, 0.6) is 0 Å². The van der Waals surface area contributed by atoms with Crippen molar-refractivity contribution in [3.8, 4) is 11.4 Å². The van der Waals surface area contributed by atoms with Gasteiger partial charge in [0.15, 0.2) is 0 Å². The summed E-state index contributed by atoms with van der Waals surface area (Å²) in [5.74, 6) is -0.884. The van der Waals surface area contributed by atoms with E-state index in [4.69, 9.17) is 10.3 Å². The van der Waals surface area contributed by atoms with Crippen molar-refractivity contribution in [2.75, 3.05) is 0 Å². The van der Waals surface area contributed by atoms with E-state index in [1.54, 1.807) is 0 Å². The minimum Gasteiger partial charge on any atom is -0.339 e. The Hall–Kier alpha value is -1.82. The molecule has 2 N–H and O–H groups in total. The summed E-state index contributed by atoms with van der Waals surface area (Å²) in [6.45, 7) is 3.81. The van der Waals surface area contributed by atoms with Gasteiger partial charge in [-0.25, -0.2) is 8.78 Å². The van der Waals surface area contributed by atoms with Crippen molar-refractivity contribution in [3.05, 3.63) is 35.7 Å². The second-order valence-corrected chi connectivity index (χ2v) is 4.49. The van der Waals surface area contributed by atoms with Crippen LogP contribution in [-0.4, -0.2) is 16.2 Å². The van der Waals surface area contributed by atoms with Gasteiger partial charge in [0.2, 0.25) is 11.7 Å². The van der Waals surface area contributed by atoms with Gasteiger partial charge in [-0.1, -0.05) is 12.1 Å². The van der Waals surface area contributed by atoms with Gasteiger partial charge in [0, 0.05) is 17.7 Å². The van der Waals surface area contributed by atoms with Crippen LogP contribution in [0.1, 0.15) is 32.1 Å². The van der Waals surface area contributed by atoms with Gasteiger partial charge in [-0.2, -0.15) is 4.98 Å². The summed E-state index contributed by atoms with van der Waals surface area (Å²) < 4.78 is 31.4. The minimum absolute atomic E-state index is 0.0698. The molecule has 2 aromatic rings. The predicted molar refractivity (Wildman–Crippen MR) is 66.3 cm³/mol. The number of hydrogen-bond donors (Lipinski definition) is 1. The first-order valence-corrected chi connectivity index (χ1v) is 6.07. The lowest BCUT2D eigenvalue weighted by Gasteiger charge is -2.13. The molecule has 0 amide bonds. The fourth-order valence-corrected chi connectivity index (χ4v) is 1.96. The van der Waals surface area contributed by atoms with E-state index in [-0.39, 0.29) is 23.3 Å². The lowest BCUT2D eigenvalue weighted by atomic mass is 9.99. The first-order valence-electron chi connectivity index (χ1n) is 6.07. The number of nitrogens with two attached hydrogens (primary N) is 1. The highest BCUT2D eigenvalue weighted by Gasteiger charge is 2.21. The molecule has 102 valence electrons. The summed E-state index contributed by atoms with van der Waals surface area (Å²) in [5.41, 5.74) is 6.07. The molecule has 1 aromatic heterocycles. The SMILES string of the molecule is CCC(c1nc(-c2cc(F)cc(F)c2)no1)C(C)N. The first-order chi connectivity index (χ1) is 9.01. The first kappa shape index (κ1) is 13.6. The molecule has 0 radical (unpaired) electrons. The Bertz CT molecular complexity index is 549. The quantitative estimate of drug-likeness (QED) is 0.925. The fourth-order valence-electron chi connectivity index (χ4n) is 1.96. The van der Waals surface area contributed by atoms with Gasteiger partial charge in [-0.15, -0.1) is 0 Å². The van der Waals surface area contributed by atoms with Crippen LogP contribution in [-0.2, 0) is 0 Å². The van der Waals surface area contributed by atoms with Crippen LogP contribution in [0.4, 0.5) is 8.78 Å². The summed E-state index contributed by atoms with van der Waals surface area (Å²) in [5, 5.41) is 3.74. The van der Waals surface area contributed by atoms with E-state index in [9.17, 15) is 8.78 Å². The van der Waals surface area contributed by atoms with E-state index in [0.717, 1.165) is 24.6 Å². The van der Waals surface area contributed by atoms with Crippen molar-refractivity contribution in [1.29, 1.82) is 0 Å². The van der Waals surface area contributed by atoms with Crippen molar-refractivity contribution in [3.63, 3.8) is 0 Å². The number of nitrogens with zero attached hydrogens (tertiary/aromatic N) is 2. The summed E-state index contributed by atoms with van der Waals surface area (Å²) >= 11 is 0. The largest absolute Gasteiger partial charge is 0.339 e. The Morgan fingerprint density at radius 2 is 1.89 bits per heavy atom. The maximum absolute atomic E-state index is 13.1. The third kappa shape index (κ3) is 2.96. The smallest absolute Gasteiger partial charge is 0.231 e. The van der Waals surface area contributed by atoms with Crippen LogP contribution in [0.3, 0.4) is 0 Å². The third-order valence-corrected chi connectivity index (χ3v) is 2.95. The Balaban J connectivity index is 2.35. The fraction of sp³-hybridized carbons (Fsp3) is 0.385. The molecule has 0 aliphatic heterocycles. The molecule has 1 aromatic carbocycles. The van der Waals surface area contributed by atoms with Crippen LogP contribution in [0.25, 0.3) is 11.4 Å². The highest BCUT2D eigenvalue weighted by Crippen LogP contribution is 2.24. The number of benzene rings is 1. The van der Waals surface area contributed by atoms with Crippen LogP contribution >= 0.6 is 0 Å². The van der Waals surface area contributed by atoms with Crippen LogP contribution in [0.2, 0.25) is 0 Å². The molecular weight excluding hydrogens is 252 g/mol. The molecule has 4 nitrogen and oxygen atoms in total. The average molecular weight is 267 g/mol. The van der Waals surface area contributed by atoms with Crippen LogP contribution in [0.15, 0.2) is 22.7 Å². The zero-order valence-electron chi connectivity index (χ0n) is 10.7. The number of aromatic nitrogens is 2. The molecule has 0 saturated carbocycles. The third-order valence-electron chi connectivity index (χ3n) is 2.95. The van der Waals surface area contributed by atoms with Crippen molar-refractivity contribution < 1.29 is 13.3 Å². The zero-order chi connectivity index (χ0) is 14.0. The summed E-state index contributed by atoms with van der Waals surface area (Å²) in [4.78, 5) is 4.16. The lowest BCUT2D eigenvalue weighted by molar-refractivity contribution is 0.334. The van der Waals surface area contributed by atoms with Gasteiger partial charge in [-0.3, -0.25) is 0 Å². The van der Waals surface area contributed by atoms with Crippen molar-refractivity contribution in [2.45, 2.75) is 32.2 Å². The normalized spacial score (nSPS) is 14.4. The highest BCUT2D eigenvalue weighted by molar-refractivity contribution is 5.54. The molecule has 0 spiro atoms. The second kappa shape index (κ2) is 5.44. The molecule has 0 saturated heterocycles. The topological polar surface area (TPSA) is 64.9 Å². The van der Waals surface area contributed by atoms with E-state index in [0.29, 0.717) is 5.89 Å². The molecule has 6 heteroatoms. The van der Waals surface area contributed by atoms with E-state index in [1.165, 1.54) is 0 Å². The van der Waals surface area contributed by atoms with Gasteiger partial charge in [0.05, 0.1) is 5.92 Å². The van der Waals surface area contributed by atoms with Gasteiger partial charge in [0.1, 0.15) is 11.6 Å². The van der Waals surface area contributed by atoms with Crippen molar-refractivity contribution in [1.82, 2.24) is 10.1 Å². The second-order valence-electron chi connectivity index (χ2n) is 4.49. The summed E-state index contributed by atoms with van der Waals surface area (Å²) in [6, 6.07) is 2.97. The number of halogens is 2. The maximum Gasteiger partial charge on any atom is 0.231 e. The Labute approximate surface area is 109 Å². The van der Waals surface area contributed by atoms with Gasteiger partial charge >= 0.3 is 0 Å². The van der Waals surface area contributed by atoms with E-state index >= 15 is 0 Å². The standard InChI is InChI=1S/C13H15F2N3O/c1-3-11(7(2)16)13-17-12(18-19-13)8-4-9(14)6-10(15)5-8/h4-7,11H,3,16H2,1-2H3. The monoisotopic (exact) mass is 267 g/mol. The van der Waals surface area contributed by atoms with Crippen LogP contribution in [0, 0.1) is 11.6 Å². The highest BCUT2D eigenvalue weighted by atomic mass is 19.1. The molecule has 19 heavy (non-hydrogen) atoms. The number of hydrogen-bond acceptors (Lipinski definition) is 4. The number of rotatable bonds is 4. The molecule has 2 atom stereocenters. The predicted octanol–water partition coefficient (Wildman–Crippen LogP) is 2.86. The Morgan fingerprint density at radius 1 is 1.26 bits per heavy atom. The van der Waals surface area contributed by atoms with Crippen LogP contribution < -0.4 is 5.73 Å². The van der Waals surface area contributed by atoms with E-state index < -0.39 is 11.6 Å². The lowest BCUT2D eigenvalue weighted by Crippen LogP contribution is -2.24. The molecule has 2 rings (SSSR count).